The average Bonchev–Trinajstić information content (AvgIpc) is 3.09. The van der Waals surface area contributed by atoms with Crippen LogP contribution < -0.4 is 20.1 Å². The number of nitrogens with zero attached hydrogens (tertiary/aromatic N) is 2. The number of aromatic nitrogens is 2. The lowest BCUT2D eigenvalue weighted by molar-refractivity contribution is -0.286. The SMILES string of the molecule is COC[C@@H](NC(=O)Nc1cccc2c1OC(F)(F)O2)c1ccnn1C. The van der Waals surface area contributed by atoms with Crippen LogP contribution >= 0.6 is 0 Å². The highest BCUT2D eigenvalue weighted by atomic mass is 19.3. The van der Waals surface area contributed by atoms with E-state index in [1.807, 2.05) is 0 Å². The van der Waals surface area contributed by atoms with Gasteiger partial charge in [0.15, 0.2) is 11.5 Å². The molecular formula is C15H16F2N4O4. The summed E-state index contributed by atoms with van der Waals surface area (Å²) in [5, 5.41) is 9.22. The minimum absolute atomic E-state index is 0.0633. The Kier molecular flexibility index (Phi) is 4.45. The molecule has 0 saturated heterocycles. The summed E-state index contributed by atoms with van der Waals surface area (Å²) >= 11 is 0. The first-order valence-electron chi connectivity index (χ1n) is 7.33. The van der Waals surface area contributed by atoms with Crippen LogP contribution in [-0.2, 0) is 11.8 Å². The van der Waals surface area contributed by atoms with Crippen molar-refractivity contribution >= 4 is 11.7 Å². The summed E-state index contributed by atoms with van der Waals surface area (Å²) < 4.78 is 41.9. The van der Waals surface area contributed by atoms with Gasteiger partial charge in [0.2, 0.25) is 0 Å². The van der Waals surface area contributed by atoms with Crippen molar-refractivity contribution in [3.63, 3.8) is 0 Å². The Bertz CT molecular complexity index is 781. The second kappa shape index (κ2) is 6.55. The number of rotatable bonds is 5. The van der Waals surface area contributed by atoms with Crippen LogP contribution in [0.15, 0.2) is 30.5 Å². The highest BCUT2D eigenvalue weighted by molar-refractivity contribution is 5.92. The number of ether oxygens (including phenoxy) is 3. The van der Waals surface area contributed by atoms with E-state index in [1.54, 1.807) is 24.0 Å². The first-order chi connectivity index (χ1) is 11.9. The van der Waals surface area contributed by atoms with Gasteiger partial charge in [-0.1, -0.05) is 6.07 Å². The van der Waals surface area contributed by atoms with Crippen LogP contribution in [-0.4, -0.2) is 35.8 Å². The zero-order chi connectivity index (χ0) is 18.0. The Morgan fingerprint density at radius 3 is 2.88 bits per heavy atom. The van der Waals surface area contributed by atoms with Crippen LogP contribution in [0.25, 0.3) is 0 Å². The highest BCUT2D eigenvalue weighted by Crippen LogP contribution is 2.45. The molecule has 0 unspecified atom stereocenters. The van der Waals surface area contributed by atoms with E-state index in [0.29, 0.717) is 0 Å². The molecule has 1 aromatic heterocycles. The number of fused-ring (bicyclic) bond motifs is 1. The number of nitrogens with one attached hydrogen (secondary N) is 2. The number of carbonyl (C=O) groups is 1. The van der Waals surface area contributed by atoms with Gasteiger partial charge in [-0.3, -0.25) is 4.68 Å². The van der Waals surface area contributed by atoms with Gasteiger partial charge in [-0.15, -0.1) is 8.78 Å². The molecule has 0 saturated carbocycles. The molecule has 1 atom stereocenters. The minimum Gasteiger partial charge on any atom is -0.395 e. The zero-order valence-electron chi connectivity index (χ0n) is 13.5. The summed E-state index contributed by atoms with van der Waals surface area (Å²) in [6, 6.07) is 4.86. The average molecular weight is 354 g/mol. The molecule has 134 valence electrons. The number of amides is 2. The van der Waals surface area contributed by atoms with Crippen molar-refractivity contribution in [2.45, 2.75) is 12.3 Å². The predicted molar refractivity (Wildman–Crippen MR) is 82.6 cm³/mol. The molecular weight excluding hydrogens is 338 g/mol. The molecule has 0 spiro atoms. The van der Waals surface area contributed by atoms with Crippen LogP contribution in [0.3, 0.4) is 0 Å². The van der Waals surface area contributed by atoms with E-state index in [-0.39, 0.29) is 23.8 Å². The lowest BCUT2D eigenvalue weighted by Crippen LogP contribution is -2.36. The molecule has 10 heteroatoms. The lowest BCUT2D eigenvalue weighted by atomic mass is 10.2. The summed E-state index contributed by atoms with van der Waals surface area (Å²) in [7, 11) is 3.23. The smallest absolute Gasteiger partial charge is 0.395 e. The number of para-hydroxylation sites is 1. The monoisotopic (exact) mass is 354 g/mol. The maximum Gasteiger partial charge on any atom is 0.586 e. The van der Waals surface area contributed by atoms with Crippen LogP contribution in [0.2, 0.25) is 0 Å². The van der Waals surface area contributed by atoms with E-state index < -0.39 is 18.4 Å². The number of alkyl halides is 2. The Morgan fingerprint density at radius 2 is 2.20 bits per heavy atom. The molecule has 1 aliphatic heterocycles. The van der Waals surface area contributed by atoms with Gasteiger partial charge in [-0.2, -0.15) is 5.10 Å². The second-order valence-electron chi connectivity index (χ2n) is 5.29. The van der Waals surface area contributed by atoms with Gasteiger partial charge in [0.25, 0.3) is 0 Å². The fourth-order valence-corrected chi connectivity index (χ4v) is 2.48. The number of carbonyl (C=O) groups excluding carboxylic acids is 1. The fourth-order valence-electron chi connectivity index (χ4n) is 2.48. The van der Waals surface area contributed by atoms with Crippen molar-refractivity contribution in [1.82, 2.24) is 15.1 Å². The van der Waals surface area contributed by atoms with Gasteiger partial charge < -0.3 is 24.8 Å². The van der Waals surface area contributed by atoms with Crippen LogP contribution in [0.4, 0.5) is 19.3 Å². The van der Waals surface area contributed by atoms with Crippen molar-refractivity contribution in [2.75, 3.05) is 19.0 Å². The molecule has 0 aliphatic carbocycles. The predicted octanol–water partition coefficient (Wildman–Crippen LogP) is 2.25. The number of aryl methyl sites for hydroxylation is 1. The summed E-state index contributed by atoms with van der Waals surface area (Å²) in [6.07, 6.45) is -2.17. The Morgan fingerprint density at radius 1 is 1.40 bits per heavy atom. The molecule has 3 rings (SSSR count). The van der Waals surface area contributed by atoms with Crippen molar-refractivity contribution in [2.24, 2.45) is 7.05 Å². The molecule has 8 nitrogen and oxygen atoms in total. The summed E-state index contributed by atoms with van der Waals surface area (Å²) in [5.41, 5.74) is 0.787. The zero-order valence-corrected chi connectivity index (χ0v) is 13.5. The van der Waals surface area contributed by atoms with E-state index >= 15 is 0 Å². The number of benzene rings is 1. The Labute approximate surface area is 141 Å². The Balaban J connectivity index is 1.73. The van der Waals surface area contributed by atoms with Crippen molar-refractivity contribution in [3.8, 4) is 11.5 Å². The number of hydrogen-bond donors (Lipinski definition) is 2. The lowest BCUT2D eigenvalue weighted by Gasteiger charge is -2.19. The van der Waals surface area contributed by atoms with Crippen molar-refractivity contribution < 1.29 is 27.8 Å². The maximum atomic E-state index is 13.2. The van der Waals surface area contributed by atoms with E-state index in [0.717, 1.165) is 5.69 Å². The third-order valence-electron chi connectivity index (χ3n) is 3.53. The van der Waals surface area contributed by atoms with Crippen LogP contribution in [0.1, 0.15) is 11.7 Å². The number of halogens is 2. The standard InChI is InChI=1S/C15H16F2N4O4/c1-21-11(6-7-18-21)10(8-23-2)20-14(22)19-9-4-3-5-12-13(9)25-15(16,17)24-12/h3-7,10H,8H2,1-2H3,(H2,19,20,22)/t10-/m1/s1. The van der Waals surface area contributed by atoms with Gasteiger partial charge in [-0.25, -0.2) is 4.79 Å². The largest absolute Gasteiger partial charge is 0.586 e. The molecule has 1 aromatic carbocycles. The number of methoxy groups -OCH3 is 1. The fraction of sp³-hybridized carbons (Fsp3) is 0.333. The number of anilines is 1. The third-order valence-corrected chi connectivity index (χ3v) is 3.53. The number of hydrogen-bond acceptors (Lipinski definition) is 5. The van der Waals surface area contributed by atoms with E-state index in [4.69, 9.17) is 4.74 Å². The second-order valence-corrected chi connectivity index (χ2v) is 5.29. The summed E-state index contributed by atoms with van der Waals surface area (Å²) in [5.74, 6) is -0.380. The van der Waals surface area contributed by atoms with Gasteiger partial charge >= 0.3 is 12.3 Å². The van der Waals surface area contributed by atoms with Gasteiger partial charge in [0.05, 0.1) is 24.0 Å². The first kappa shape index (κ1) is 17.0. The molecule has 0 radical (unpaired) electrons. The molecule has 1 aliphatic rings. The summed E-state index contributed by atoms with van der Waals surface area (Å²) in [4.78, 5) is 12.3. The van der Waals surface area contributed by atoms with E-state index in [1.165, 1.54) is 25.3 Å². The molecule has 2 heterocycles. The Hall–Kier alpha value is -2.88. The van der Waals surface area contributed by atoms with Gasteiger partial charge in [0.1, 0.15) is 0 Å². The van der Waals surface area contributed by atoms with E-state index in [2.05, 4.69) is 25.2 Å². The minimum atomic E-state index is -3.76. The maximum absolute atomic E-state index is 13.2. The molecule has 25 heavy (non-hydrogen) atoms. The molecule has 2 amide bonds. The molecule has 0 fully saturated rings. The summed E-state index contributed by atoms with van der Waals surface area (Å²) in [6.45, 7) is 0.206. The van der Waals surface area contributed by atoms with E-state index in [9.17, 15) is 13.6 Å². The third kappa shape index (κ3) is 3.63. The topological polar surface area (TPSA) is 86.6 Å². The van der Waals surface area contributed by atoms with Crippen molar-refractivity contribution in [1.29, 1.82) is 0 Å². The van der Waals surface area contributed by atoms with Gasteiger partial charge in [-0.05, 0) is 18.2 Å². The number of urea groups is 1. The first-order valence-corrected chi connectivity index (χ1v) is 7.33. The van der Waals surface area contributed by atoms with Gasteiger partial charge in [0, 0.05) is 20.4 Å². The normalized spacial score (nSPS) is 15.7. The molecule has 2 aromatic rings. The highest BCUT2D eigenvalue weighted by Gasteiger charge is 2.44. The molecule has 0 bridgehead atoms. The van der Waals surface area contributed by atoms with Crippen molar-refractivity contribution in [3.05, 3.63) is 36.2 Å². The van der Waals surface area contributed by atoms with Crippen LogP contribution in [0.5, 0.6) is 11.5 Å². The molecule has 2 N–H and O–H groups in total. The quantitative estimate of drug-likeness (QED) is 0.860. The van der Waals surface area contributed by atoms with Crippen LogP contribution in [0, 0.1) is 0 Å².